The van der Waals surface area contributed by atoms with E-state index in [9.17, 15) is 9.90 Å². The highest BCUT2D eigenvalue weighted by Crippen LogP contribution is 2.40. The van der Waals surface area contributed by atoms with Gasteiger partial charge in [0.2, 0.25) is 0 Å². The molecule has 0 aliphatic carbocycles. The van der Waals surface area contributed by atoms with Crippen molar-refractivity contribution in [1.82, 2.24) is 0 Å². The van der Waals surface area contributed by atoms with Crippen molar-refractivity contribution in [3.05, 3.63) is 76.4 Å². The summed E-state index contributed by atoms with van der Waals surface area (Å²) in [4.78, 5) is 19.9. The Balaban J connectivity index is 1.95. The van der Waals surface area contributed by atoms with Crippen molar-refractivity contribution in [3.8, 4) is 0 Å². The van der Waals surface area contributed by atoms with E-state index in [4.69, 9.17) is 4.74 Å². The maximum Gasteiger partial charge on any atom is 0.344 e. The van der Waals surface area contributed by atoms with E-state index in [1.54, 1.807) is 6.92 Å². The van der Waals surface area contributed by atoms with Crippen LogP contribution < -0.4 is 4.90 Å². The zero-order valence-electron chi connectivity index (χ0n) is 17.5. The molecular formula is C24H26N2O3S. The van der Waals surface area contributed by atoms with Crippen molar-refractivity contribution in [2.75, 3.05) is 24.6 Å². The fraction of sp³-hybridized carbons (Fsp3) is 0.250. The van der Waals surface area contributed by atoms with E-state index in [-0.39, 0.29) is 17.9 Å². The van der Waals surface area contributed by atoms with Gasteiger partial charge in [0, 0.05) is 18.8 Å². The molecular weight excluding hydrogens is 396 g/mol. The number of aliphatic imine (C=N–C) groups is 1. The molecule has 1 heterocycles. The van der Waals surface area contributed by atoms with Gasteiger partial charge < -0.3 is 14.7 Å². The molecule has 156 valence electrons. The summed E-state index contributed by atoms with van der Waals surface area (Å²) in [7, 11) is 0. The van der Waals surface area contributed by atoms with Crippen molar-refractivity contribution in [2.24, 2.45) is 4.99 Å². The second-order valence-corrected chi connectivity index (χ2v) is 7.60. The Morgan fingerprint density at radius 1 is 1.07 bits per heavy atom. The fourth-order valence-corrected chi connectivity index (χ4v) is 4.17. The molecule has 0 saturated carbocycles. The van der Waals surface area contributed by atoms with E-state index in [1.165, 1.54) is 11.8 Å². The third-order valence-electron chi connectivity index (χ3n) is 4.68. The van der Waals surface area contributed by atoms with Gasteiger partial charge >= 0.3 is 5.97 Å². The molecule has 6 heteroatoms. The lowest BCUT2D eigenvalue weighted by molar-refractivity contribution is -0.138. The molecule has 0 radical (unpaired) electrons. The first-order valence-electron chi connectivity index (χ1n) is 10.1. The van der Waals surface area contributed by atoms with E-state index >= 15 is 0 Å². The van der Waals surface area contributed by atoms with Crippen molar-refractivity contribution >= 4 is 40.2 Å². The fourth-order valence-electron chi connectivity index (χ4n) is 3.13. The molecule has 0 amide bonds. The highest BCUT2D eigenvalue weighted by atomic mass is 32.2. The zero-order valence-corrected chi connectivity index (χ0v) is 18.3. The average molecular weight is 423 g/mol. The lowest BCUT2D eigenvalue weighted by Crippen LogP contribution is -2.21. The molecule has 0 unspecified atom stereocenters. The average Bonchev–Trinajstić information content (AvgIpc) is 3.05. The molecule has 0 atom stereocenters. The van der Waals surface area contributed by atoms with Crippen LogP contribution in [-0.2, 0) is 9.53 Å². The molecule has 1 aliphatic rings. The SMILES string of the molecule is CCOC(=O)C1=C(O)/C(=C\c2ccc(N(CC)CC)cc2)SC1=Nc1ccccc1. The highest BCUT2D eigenvalue weighted by Gasteiger charge is 2.33. The number of benzene rings is 2. The smallest absolute Gasteiger partial charge is 0.344 e. The number of rotatable bonds is 7. The predicted molar refractivity (Wildman–Crippen MR) is 125 cm³/mol. The number of hydrogen-bond acceptors (Lipinski definition) is 6. The third-order valence-corrected chi connectivity index (χ3v) is 5.70. The van der Waals surface area contributed by atoms with E-state index < -0.39 is 5.97 Å². The summed E-state index contributed by atoms with van der Waals surface area (Å²) < 4.78 is 5.15. The minimum atomic E-state index is -0.572. The molecule has 0 spiro atoms. The lowest BCUT2D eigenvalue weighted by Gasteiger charge is -2.20. The number of aliphatic hydroxyl groups excluding tert-OH is 1. The largest absolute Gasteiger partial charge is 0.506 e. The molecule has 2 aromatic rings. The molecule has 0 bridgehead atoms. The zero-order chi connectivity index (χ0) is 21.5. The van der Waals surface area contributed by atoms with Crippen LogP contribution in [0.5, 0.6) is 0 Å². The molecule has 5 nitrogen and oxygen atoms in total. The number of nitrogens with zero attached hydrogens (tertiary/aromatic N) is 2. The van der Waals surface area contributed by atoms with Gasteiger partial charge in [-0.05, 0) is 56.7 Å². The summed E-state index contributed by atoms with van der Waals surface area (Å²) in [5, 5.41) is 11.2. The predicted octanol–water partition coefficient (Wildman–Crippen LogP) is 5.73. The van der Waals surface area contributed by atoms with Crippen LogP contribution in [0.1, 0.15) is 26.3 Å². The summed E-state index contributed by atoms with van der Waals surface area (Å²) in [6, 6.07) is 17.5. The van der Waals surface area contributed by atoms with Crippen LogP contribution in [0.4, 0.5) is 11.4 Å². The molecule has 30 heavy (non-hydrogen) atoms. The van der Waals surface area contributed by atoms with Crippen molar-refractivity contribution in [3.63, 3.8) is 0 Å². The summed E-state index contributed by atoms with van der Waals surface area (Å²) in [5.41, 5.74) is 2.90. The number of thioether (sulfide) groups is 1. The van der Waals surface area contributed by atoms with Gasteiger partial charge in [-0.25, -0.2) is 9.79 Å². The maximum absolute atomic E-state index is 12.5. The normalized spacial score (nSPS) is 16.4. The first-order valence-corrected chi connectivity index (χ1v) is 10.9. The van der Waals surface area contributed by atoms with Crippen molar-refractivity contribution in [2.45, 2.75) is 20.8 Å². The number of anilines is 1. The lowest BCUT2D eigenvalue weighted by atomic mass is 10.1. The first kappa shape index (κ1) is 21.7. The van der Waals surface area contributed by atoms with E-state index in [2.05, 4.69) is 35.9 Å². The van der Waals surface area contributed by atoms with Gasteiger partial charge in [0.05, 0.1) is 17.2 Å². The number of para-hydroxylation sites is 1. The van der Waals surface area contributed by atoms with Gasteiger partial charge in [0.25, 0.3) is 0 Å². The number of carbonyl (C=O) groups excluding carboxylic acids is 1. The molecule has 0 fully saturated rings. The van der Waals surface area contributed by atoms with Crippen LogP contribution in [-0.4, -0.2) is 35.8 Å². The summed E-state index contributed by atoms with van der Waals surface area (Å²) >= 11 is 1.27. The Hall–Kier alpha value is -2.99. The second kappa shape index (κ2) is 10.2. The van der Waals surface area contributed by atoms with Gasteiger partial charge in [0.1, 0.15) is 16.4 Å². The third kappa shape index (κ3) is 4.94. The topological polar surface area (TPSA) is 62.1 Å². The number of carbonyl (C=O) groups is 1. The quantitative estimate of drug-likeness (QED) is 0.578. The molecule has 1 aliphatic heterocycles. The molecule has 0 saturated heterocycles. The number of ether oxygens (including phenoxy) is 1. The molecule has 1 N–H and O–H groups in total. The summed E-state index contributed by atoms with van der Waals surface area (Å²) in [6.45, 7) is 8.10. The summed E-state index contributed by atoms with van der Waals surface area (Å²) in [5.74, 6) is -0.668. The van der Waals surface area contributed by atoms with Gasteiger partial charge in [-0.1, -0.05) is 42.1 Å². The van der Waals surface area contributed by atoms with Gasteiger partial charge in [-0.2, -0.15) is 0 Å². The van der Waals surface area contributed by atoms with Gasteiger partial charge in [-0.3, -0.25) is 0 Å². The van der Waals surface area contributed by atoms with Crippen LogP contribution in [0.2, 0.25) is 0 Å². The maximum atomic E-state index is 12.5. The van der Waals surface area contributed by atoms with E-state index in [0.29, 0.717) is 15.6 Å². The molecule has 0 aromatic heterocycles. The van der Waals surface area contributed by atoms with Crippen LogP contribution in [0.3, 0.4) is 0 Å². The van der Waals surface area contributed by atoms with E-state index in [0.717, 1.165) is 24.3 Å². The Bertz CT molecular complexity index is 975. The Morgan fingerprint density at radius 3 is 2.33 bits per heavy atom. The number of hydrogen-bond donors (Lipinski definition) is 1. The Morgan fingerprint density at radius 2 is 1.73 bits per heavy atom. The highest BCUT2D eigenvalue weighted by molar-refractivity contribution is 8.18. The minimum Gasteiger partial charge on any atom is -0.506 e. The second-order valence-electron chi connectivity index (χ2n) is 6.57. The van der Waals surface area contributed by atoms with E-state index in [1.807, 2.05) is 48.5 Å². The van der Waals surface area contributed by atoms with Crippen molar-refractivity contribution < 1.29 is 14.6 Å². The minimum absolute atomic E-state index is 0.0963. The number of aliphatic hydroxyl groups is 1. The van der Waals surface area contributed by atoms with Crippen LogP contribution in [0, 0.1) is 0 Å². The molecule has 3 rings (SSSR count). The van der Waals surface area contributed by atoms with Crippen LogP contribution >= 0.6 is 11.8 Å². The van der Waals surface area contributed by atoms with Crippen molar-refractivity contribution in [1.29, 1.82) is 0 Å². The monoisotopic (exact) mass is 422 g/mol. The number of esters is 1. The molecule has 2 aromatic carbocycles. The Kier molecular flexibility index (Phi) is 7.36. The standard InChI is InChI=1S/C24H26N2O3S/c1-4-26(5-2)19-14-12-17(13-15-19)16-20-22(27)21(24(28)29-6-3)23(30-20)25-18-10-8-7-9-11-18/h7-16,27H,4-6H2,1-3H3/b20-16+,25-23?. The summed E-state index contributed by atoms with van der Waals surface area (Å²) in [6.07, 6.45) is 1.86. The van der Waals surface area contributed by atoms with Crippen LogP contribution in [0.25, 0.3) is 6.08 Å². The Labute approximate surface area is 181 Å². The van der Waals surface area contributed by atoms with Crippen LogP contribution in [0.15, 0.2) is 75.8 Å². The van der Waals surface area contributed by atoms with Gasteiger partial charge in [-0.15, -0.1) is 0 Å². The first-order chi connectivity index (χ1) is 14.6. The van der Waals surface area contributed by atoms with Gasteiger partial charge in [0.15, 0.2) is 0 Å².